The highest BCUT2D eigenvalue weighted by molar-refractivity contribution is 5.89. The molecule has 5 rings (SSSR count). The van der Waals surface area contributed by atoms with Gasteiger partial charge < -0.3 is 25.0 Å². The van der Waals surface area contributed by atoms with Gasteiger partial charge >= 0.3 is 0 Å². The van der Waals surface area contributed by atoms with Crippen molar-refractivity contribution >= 4 is 28.5 Å². The van der Waals surface area contributed by atoms with Crippen molar-refractivity contribution in [2.24, 2.45) is 5.92 Å². The fourth-order valence-corrected chi connectivity index (χ4v) is 5.03. The van der Waals surface area contributed by atoms with Crippen LogP contribution < -0.4 is 15.5 Å². The molecule has 1 unspecified atom stereocenters. The van der Waals surface area contributed by atoms with Crippen molar-refractivity contribution in [2.45, 2.75) is 32.4 Å². The number of fused-ring (bicyclic) bond motifs is 1. The summed E-state index contributed by atoms with van der Waals surface area (Å²) in [6, 6.07) is 6.14. The van der Waals surface area contributed by atoms with Crippen LogP contribution in [-0.4, -0.2) is 84.9 Å². The van der Waals surface area contributed by atoms with Crippen LogP contribution >= 0.6 is 0 Å². The molecular formula is C27H38N8O2. The maximum Gasteiger partial charge on any atom is 0.229 e. The lowest BCUT2D eigenvalue weighted by Crippen LogP contribution is -2.42. The molecule has 2 fully saturated rings. The number of piperazine rings is 1. The van der Waals surface area contributed by atoms with E-state index in [1.165, 1.54) is 5.56 Å². The molecule has 0 saturated carbocycles. The zero-order valence-electron chi connectivity index (χ0n) is 22.1. The minimum atomic E-state index is -0.115. The van der Waals surface area contributed by atoms with Crippen LogP contribution in [0.25, 0.3) is 10.9 Å². The Labute approximate surface area is 218 Å². The van der Waals surface area contributed by atoms with Crippen molar-refractivity contribution in [1.82, 2.24) is 30.2 Å². The van der Waals surface area contributed by atoms with Gasteiger partial charge in [-0.25, -0.2) is 19.9 Å². The van der Waals surface area contributed by atoms with Gasteiger partial charge in [-0.05, 0) is 43.4 Å². The van der Waals surface area contributed by atoms with Crippen molar-refractivity contribution in [3.63, 3.8) is 0 Å². The Morgan fingerprint density at radius 2 is 1.86 bits per heavy atom. The lowest BCUT2D eigenvalue weighted by Gasteiger charge is -2.33. The molecule has 2 saturated heterocycles. The van der Waals surface area contributed by atoms with Gasteiger partial charge in [-0.2, -0.15) is 0 Å². The highest BCUT2D eigenvalue weighted by atomic mass is 16.5. The predicted molar refractivity (Wildman–Crippen MR) is 145 cm³/mol. The van der Waals surface area contributed by atoms with Gasteiger partial charge in [0.05, 0.1) is 11.8 Å². The molecule has 0 bridgehead atoms. The Bertz CT molecular complexity index is 1160. The van der Waals surface area contributed by atoms with Gasteiger partial charge in [-0.1, -0.05) is 6.07 Å². The van der Waals surface area contributed by atoms with Gasteiger partial charge in [0.25, 0.3) is 0 Å². The van der Waals surface area contributed by atoms with Gasteiger partial charge in [0.15, 0.2) is 5.82 Å². The minimum Gasteiger partial charge on any atom is -0.384 e. The molecule has 0 aliphatic carbocycles. The van der Waals surface area contributed by atoms with Crippen molar-refractivity contribution in [1.29, 1.82) is 0 Å². The van der Waals surface area contributed by atoms with Gasteiger partial charge in [-0.3, -0.25) is 4.90 Å². The van der Waals surface area contributed by atoms with Crippen LogP contribution in [0.15, 0.2) is 30.6 Å². The van der Waals surface area contributed by atoms with E-state index in [2.05, 4.69) is 36.5 Å². The number of anilines is 3. The monoisotopic (exact) mass is 506 g/mol. The van der Waals surface area contributed by atoms with Gasteiger partial charge in [-0.15, -0.1) is 0 Å². The molecule has 0 amide bonds. The van der Waals surface area contributed by atoms with Crippen LogP contribution in [0.5, 0.6) is 0 Å². The summed E-state index contributed by atoms with van der Waals surface area (Å²) >= 11 is 0. The molecule has 5 heterocycles. The summed E-state index contributed by atoms with van der Waals surface area (Å²) in [6.45, 7) is 9.79. The summed E-state index contributed by atoms with van der Waals surface area (Å²) in [7, 11) is 3.48. The van der Waals surface area contributed by atoms with E-state index < -0.39 is 0 Å². The first-order valence-corrected chi connectivity index (χ1v) is 13.2. The molecule has 2 aliphatic heterocycles. The average molecular weight is 507 g/mol. The summed E-state index contributed by atoms with van der Waals surface area (Å²) in [5.41, 5.74) is 2.93. The standard InChI is InChI=1S/C27H38N8O2/c1-19(37-3)23-14-22-16-30-27(32-24-5-4-21(15-29-24)17-34-12-8-28-9-13-34)33-25(22)26(31-23)35-10-6-20(7-11-35)18-36-2/h4-5,14-16,19-20,28H,6-13,17-18H2,1-3H3,(H,29,30,32,33). The maximum absolute atomic E-state index is 5.57. The molecule has 198 valence electrons. The SMILES string of the molecule is COCC1CCN(c2nc(C(C)OC)cc3cnc(Nc4ccc(CN5CCNCC5)cn4)nc23)CC1. The number of methoxy groups -OCH3 is 2. The topological polar surface area (TPSA) is 101 Å². The van der Waals surface area contributed by atoms with Gasteiger partial charge in [0, 0.05) is 84.4 Å². The molecule has 3 aromatic heterocycles. The number of hydrogen-bond acceptors (Lipinski definition) is 10. The van der Waals surface area contributed by atoms with Crippen LogP contribution in [0.1, 0.15) is 37.1 Å². The quantitative estimate of drug-likeness (QED) is 0.450. The number of hydrogen-bond donors (Lipinski definition) is 2. The Balaban J connectivity index is 1.36. The highest BCUT2D eigenvalue weighted by Gasteiger charge is 2.24. The van der Waals surface area contributed by atoms with Crippen LogP contribution in [-0.2, 0) is 16.0 Å². The number of piperidine rings is 1. The second kappa shape index (κ2) is 12.1. The lowest BCUT2D eigenvalue weighted by atomic mass is 9.97. The molecule has 37 heavy (non-hydrogen) atoms. The van der Waals surface area contributed by atoms with Crippen molar-refractivity contribution in [2.75, 3.05) is 70.3 Å². The zero-order chi connectivity index (χ0) is 25.6. The molecule has 0 spiro atoms. The first-order valence-electron chi connectivity index (χ1n) is 13.2. The molecule has 1 atom stereocenters. The van der Waals surface area contributed by atoms with Gasteiger partial charge in [0.1, 0.15) is 11.3 Å². The first kappa shape index (κ1) is 25.7. The molecule has 0 aromatic carbocycles. The average Bonchev–Trinajstić information content (AvgIpc) is 2.94. The van der Waals surface area contributed by atoms with Crippen molar-refractivity contribution < 1.29 is 9.47 Å². The van der Waals surface area contributed by atoms with E-state index in [-0.39, 0.29) is 6.10 Å². The summed E-state index contributed by atoms with van der Waals surface area (Å²) in [6.07, 6.45) is 5.82. The van der Waals surface area contributed by atoms with Crippen LogP contribution in [0, 0.1) is 5.92 Å². The van der Waals surface area contributed by atoms with Crippen LogP contribution in [0.2, 0.25) is 0 Å². The summed E-state index contributed by atoms with van der Waals surface area (Å²) in [5.74, 6) is 2.71. The van der Waals surface area contributed by atoms with E-state index in [0.29, 0.717) is 11.9 Å². The maximum atomic E-state index is 5.57. The van der Waals surface area contributed by atoms with Crippen LogP contribution in [0.3, 0.4) is 0 Å². The Hall–Kier alpha value is -2.92. The van der Waals surface area contributed by atoms with E-state index >= 15 is 0 Å². The fourth-order valence-electron chi connectivity index (χ4n) is 5.03. The molecule has 0 radical (unpaired) electrons. The number of nitrogens with zero attached hydrogens (tertiary/aromatic N) is 6. The molecular weight excluding hydrogens is 468 g/mol. The third-order valence-corrected chi connectivity index (χ3v) is 7.33. The largest absolute Gasteiger partial charge is 0.384 e. The first-order chi connectivity index (χ1) is 18.1. The van der Waals surface area contributed by atoms with Crippen LogP contribution in [0.4, 0.5) is 17.6 Å². The number of ether oxygens (including phenoxy) is 2. The number of nitrogens with one attached hydrogen (secondary N) is 2. The highest BCUT2D eigenvalue weighted by Crippen LogP contribution is 2.31. The third kappa shape index (κ3) is 6.32. The molecule has 2 aliphatic rings. The minimum absolute atomic E-state index is 0.115. The Kier molecular flexibility index (Phi) is 8.40. The summed E-state index contributed by atoms with van der Waals surface area (Å²) in [4.78, 5) is 23.9. The number of pyridine rings is 2. The lowest BCUT2D eigenvalue weighted by molar-refractivity contribution is 0.116. The molecule has 10 nitrogen and oxygen atoms in total. The summed E-state index contributed by atoms with van der Waals surface area (Å²) < 4.78 is 11.0. The van der Waals surface area contributed by atoms with Crippen molar-refractivity contribution in [3.05, 3.63) is 41.9 Å². The second-order valence-electron chi connectivity index (χ2n) is 9.97. The molecule has 2 N–H and O–H groups in total. The van der Waals surface area contributed by atoms with Gasteiger partial charge in [0.2, 0.25) is 5.95 Å². The van der Waals surface area contributed by atoms with E-state index in [1.807, 2.05) is 31.5 Å². The van der Waals surface area contributed by atoms with Crippen molar-refractivity contribution in [3.8, 4) is 0 Å². The van der Waals surface area contributed by atoms with E-state index in [0.717, 1.165) is 93.5 Å². The normalized spacial score (nSPS) is 18.3. The zero-order valence-corrected chi connectivity index (χ0v) is 22.1. The third-order valence-electron chi connectivity index (χ3n) is 7.33. The summed E-state index contributed by atoms with van der Waals surface area (Å²) in [5, 5.41) is 7.63. The van der Waals surface area contributed by atoms with E-state index in [4.69, 9.17) is 19.4 Å². The number of aromatic nitrogens is 4. The smallest absolute Gasteiger partial charge is 0.229 e. The Morgan fingerprint density at radius 3 is 2.57 bits per heavy atom. The van der Waals surface area contributed by atoms with E-state index in [1.54, 1.807) is 14.2 Å². The second-order valence-corrected chi connectivity index (χ2v) is 9.97. The predicted octanol–water partition coefficient (Wildman–Crippen LogP) is 3.14. The number of rotatable bonds is 9. The molecule has 3 aromatic rings. The molecule has 10 heteroatoms. The van der Waals surface area contributed by atoms with E-state index in [9.17, 15) is 0 Å². The Morgan fingerprint density at radius 1 is 1.05 bits per heavy atom. The fraction of sp³-hybridized carbons (Fsp3) is 0.556.